The Bertz CT molecular complexity index is 1770. The van der Waals surface area contributed by atoms with Crippen LogP contribution in [0.15, 0.2) is 77.3 Å². The molecule has 1 aliphatic carbocycles. The molecule has 3 heterocycles. The molecular weight excluding hydrogens is 608 g/mol. The van der Waals surface area contributed by atoms with Gasteiger partial charge in [0.05, 0.1) is 31.1 Å². The van der Waals surface area contributed by atoms with Crippen molar-refractivity contribution in [3.8, 4) is 11.1 Å². The normalized spacial score (nSPS) is 20.1. The highest BCUT2D eigenvalue weighted by atomic mass is 16.8. The van der Waals surface area contributed by atoms with E-state index >= 15 is 0 Å². The molecule has 1 fully saturated rings. The first-order valence-electron chi connectivity index (χ1n) is 17.2. The number of nitrogens with zero attached hydrogens (tertiary/aromatic N) is 5. The predicted octanol–water partition coefficient (Wildman–Crippen LogP) is 5.53. The summed E-state index contributed by atoms with van der Waals surface area (Å²) in [5.74, 6) is 1.23. The largest absolute Gasteiger partial charge is 0.387 e. The summed E-state index contributed by atoms with van der Waals surface area (Å²) in [6, 6.07) is 16.4. The van der Waals surface area contributed by atoms with Crippen molar-refractivity contribution in [2.24, 2.45) is 4.99 Å². The maximum atomic E-state index is 14.4. The van der Waals surface area contributed by atoms with Crippen LogP contribution in [0, 0.1) is 0 Å². The number of unbranched alkanes of at least 4 members (excludes halogenated alkanes) is 1. The number of aliphatic hydroxyl groups excluding tert-OH is 1. The summed E-state index contributed by atoms with van der Waals surface area (Å²) in [6.45, 7) is 8.68. The van der Waals surface area contributed by atoms with Crippen molar-refractivity contribution in [3.63, 3.8) is 0 Å². The molecule has 1 saturated carbocycles. The molecule has 2 N–H and O–H groups in total. The third kappa shape index (κ3) is 7.44. The van der Waals surface area contributed by atoms with E-state index in [0.29, 0.717) is 24.6 Å². The summed E-state index contributed by atoms with van der Waals surface area (Å²) in [5, 5.41) is 14.4. The van der Waals surface area contributed by atoms with Crippen LogP contribution in [-0.4, -0.2) is 61.9 Å². The molecule has 2 aromatic carbocycles. The van der Waals surface area contributed by atoms with Gasteiger partial charge in [0, 0.05) is 23.6 Å². The quantitative estimate of drug-likeness (QED) is 0.127. The average molecular weight is 655 g/mol. The van der Waals surface area contributed by atoms with Gasteiger partial charge in [-0.3, -0.25) is 9.36 Å². The molecule has 11 nitrogen and oxygen atoms in total. The topological polar surface area (TPSA) is 124 Å². The highest BCUT2D eigenvalue weighted by Gasteiger charge is 2.28. The Morgan fingerprint density at radius 1 is 1.06 bits per heavy atom. The SMILES string of the molecule is C=CC(O)COC1CCC(n2c(=O)c(Cc3ccc(-c4ccccc4C4=NC(OCCCC)ON4)cc3)c(CCC)n3ncnc23)CC1. The van der Waals surface area contributed by atoms with Crippen LogP contribution in [0.4, 0.5) is 0 Å². The molecule has 254 valence electrons. The zero-order chi connectivity index (χ0) is 33.5. The minimum atomic E-state index is -0.672. The van der Waals surface area contributed by atoms with Gasteiger partial charge in [0.2, 0.25) is 5.78 Å². The lowest BCUT2D eigenvalue weighted by molar-refractivity contribution is -0.144. The second-order valence-electron chi connectivity index (χ2n) is 12.5. The fourth-order valence-corrected chi connectivity index (χ4v) is 6.59. The van der Waals surface area contributed by atoms with Gasteiger partial charge in [-0.2, -0.15) is 10.1 Å². The van der Waals surface area contributed by atoms with E-state index in [2.05, 4.69) is 71.3 Å². The minimum absolute atomic E-state index is 0.000786. The lowest BCUT2D eigenvalue weighted by atomic mass is 9.92. The van der Waals surface area contributed by atoms with Gasteiger partial charge in [-0.05, 0) is 55.2 Å². The number of hydroxylamine groups is 1. The summed E-state index contributed by atoms with van der Waals surface area (Å²) in [7, 11) is 0. The third-order valence-corrected chi connectivity index (χ3v) is 9.17. The highest BCUT2D eigenvalue weighted by molar-refractivity contribution is 6.04. The number of amidine groups is 1. The number of hydrogen-bond acceptors (Lipinski definition) is 9. The molecule has 0 bridgehead atoms. The number of aromatic nitrogens is 4. The van der Waals surface area contributed by atoms with Gasteiger partial charge in [0.1, 0.15) is 6.33 Å². The minimum Gasteiger partial charge on any atom is -0.387 e. The van der Waals surface area contributed by atoms with Crippen LogP contribution in [0.3, 0.4) is 0 Å². The molecule has 4 aromatic rings. The van der Waals surface area contributed by atoms with Crippen LogP contribution in [0.2, 0.25) is 0 Å². The van der Waals surface area contributed by atoms with Crippen molar-refractivity contribution in [1.82, 2.24) is 24.6 Å². The van der Waals surface area contributed by atoms with Crippen molar-refractivity contribution in [3.05, 3.63) is 100 Å². The van der Waals surface area contributed by atoms with Gasteiger partial charge in [-0.1, -0.05) is 81.3 Å². The van der Waals surface area contributed by atoms with Crippen LogP contribution >= 0.6 is 0 Å². The summed E-state index contributed by atoms with van der Waals surface area (Å²) in [5.41, 5.74) is 8.63. The Labute approximate surface area is 281 Å². The zero-order valence-electron chi connectivity index (χ0n) is 27.9. The Morgan fingerprint density at radius 3 is 2.56 bits per heavy atom. The second kappa shape index (κ2) is 15.8. The fourth-order valence-electron chi connectivity index (χ4n) is 6.59. The molecule has 2 unspecified atom stereocenters. The van der Waals surface area contributed by atoms with E-state index < -0.39 is 12.5 Å². The Balaban J connectivity index is 1.25. The van der Waals surface area contributed by atoms with E-state index in [4.69, 9.17) is 14.3 Å². The predicted molar refractivity (Wildman–Crippen MR) is 185 cm³/mol. The molecule has 11 heteroatoms. The first-order valence-corrected chi connectivity index (χ1v) is 17.2. The van der Waals surface area contributed by atoms with Crippen molar-refractivity contribution < 1.29 is 19.4 Å². The Kier molecular flexibility index (Phi) is 11.1. The first kappa shape index (κ1) is 33.7. The molecule has 1 aliphatic heterocycles. The number of aryl methyl sites for hydroxylation is 1. The van der Waals surface area contributed by atoms with E-state index in [9.17, 15) is 9.90 Å². The number of aliphatic hydroxyl groups is 1. The van der Waals surface area contributed by atoms with E-state index in [-0.39, 0.29) is 24.3 Å². The summed E-state index contributed by atoms with van der Waals surface area (Å²) in [4.78, 5) is 29.1. The zero-order valence-corrected chi connectivity index (χ0v) is 27.9. The van der Waals surface area contributed by atoms with Gasteiger partial charge >= 0.3 is 0 Å². The van der Waals surface area contributed by atoms with Gasteiger partial charge in [0.15, 0.2) is 5.84 Å². The van der Waals surface area contributed by atoms with E-state index in [0.717, 1.165) is 84.9 Å². The van der Waals surface area contributed by atoms with Gasteiger partial charge in [-0.25, -0.2) is 19.8 Å². The van der Waals surface area contributed by atoms with Crippen molar-refractivity contribution >= 4 is 11.6 Å². The summed E-state index contributed by atoms with van der Waals surface area (Å²) < 4.78 is 15.4. The van der Waals surface area contributed by atoms with Crippen molar-refractivity contribution in [1.29, 1.82) is 0 Å². The van der Waals surface area contributed by atoms with Crippen LogP contribution in [0.5, 0.6) is 0 Å². The number of hydrogen-bond donors (Lipinski definition) is 2. The third-order valence-electron chi connectivity index (χ3n) is 9.17. The molecule has 0 spiro atoms. The van der Waals surface area contributed by atoms with Crippen LogP contribution in [-0.2, 0) is 27.2 Å². The molecule has 0 radical (unpaired) electrons. The number of ether oxygens (including phenoxy) is 2. The van der Waals surface area contributed by atoms with E-state index in [1.165, 1.54) is 6.08 Å². The Morgan fingerprint density at radius 2 is 1.83 bits per heavy atom. The standard InChI is InChI=1S/C37H46N6O5/c1-4-7-21-46-37-40-34(41-48-37)31-12-9-8-11-30(31)26-15-13-25(14-16-26)22-32-33(10-5-2)43-36(38-24-39-43)42(35(32)45)27-17-19-29(20-18-27)47-23-28(44)6-3/h6,8-9,11-16,24,27-29,37,44H,3-5,7,10,17-23H2,1-2H3,(H,40,41). The van der Waals surface area contributed by atoms with Crippen LogP contribution in [0.1, 0.15) is 87.2 Å². The number of fused-ring (bicyclic) bond motifs is 1. The van der Waals surface area contributed by atoms with Crippen LogP contribution in [0.25, 0.3) is 16.9 Å². The maximum Gasteiger partial charge on any atom is 0.282 e. The number of nitrogens with one attached hydrogen (secondary N) is 1. The van der Waals surface area contributed by atoms with E-state index in [1.54, 1.807) is 6.33 Å². The van der Waals surface area contributed by atoms with Crippen molar-refractivity contribution in [2.75, 3.05) is 13.2 Å². The monoisotopic (exact) mass is 654 g/mol. The van der Waals surface area contributed by atoms with Crippen LogP contribution < -0.4 is 11.0 Å². The number of rotatable bonds is 15. The Hall–Kier alpha value is -4.16. The van der Waals surface area contributed by atoms with Gasteiger partial charge in [0.25, 0.3) is 12.0 Å². The second-order valence-corrected chi connectivity index (χ2v) is 12.5. The number of benzene rings is 2. The van der Waals surface area contributed by atoms with Gasteiger partial charge in [-0.15, -0.1) is 6.58 Å². The summed E-state index contributed by atoms with van der Waals surface area (Å²) in [6.07, 6.45) is 9.01. The lowest BCUT2D eigenvalue weighted by Crippen LogP contribution is -2.35. The fraction of sp³-hybridized carbons (Fsp3) is 0.459. The summed E-state index contributed by atoms with van der Waals surface area (Å²) >= 11 is 0. The number of aliphatic imine (C=N–C) groups is 1. The maximum absolute atomic E-state index is 14.4. The lowest BCUT2D eigenvalue weighted by Gasteiger charge is -2.31. The molecule has 2 aromatic heterocycles. The van der Waals surface area contributed by atoms with E-state index in [1.807, 2.05) is 27.3 Å². The molecule has 2 aliphatic rings. The molecule has 2 atom stereocenters. The first-order chi connectivity index (χ1) is 23.5. The molecule has 6 rings (SSSR count). The molecular formula is C37H46N6O5. The molecule has 0 saturated heterocycles. The smallest absolute Gasteiger partial charge is 0.282 e. The van der Waals surface area contributed by atoms with Gasteiger partial charge < -0.3 is 14.6 Å². The highest BCUT2D eigenvalue weighted by Crippen LogP contribution is 2.31. The molecule has 0 amide bonds. The van der Waals surface area contributed by atoms with Crippen molar-refractivity contribution in [2.45, 2.75) is 96.3 Å². The molecule has 48 heavy (non-hydrogen) atoms. The average Bonchev–Trinajstić information content (AvgIpc) is 3.80.